The van der Waals surface area contributed by atoms with Gasteiger partial charge in [-0.1, -0.05) is 35.9 Å². The summed E-state index contributed by atoms with van der Waals surface area (Å²) >= 11 is 5.89. The third kappa shape index (κ3) is 4.44. The number of methoxy groups -OCH3 is 1. The molecule has 0 aliphatic heterocycles. The number of hydrogen-bond donors (Lipinski definition) is 2. The number of H-pyrrole nitrogens is 1. The van der Waals surface area contributed by atoms with Crippen LogP contribution >= 0.6 is 11.6 Å². The van der Waals surface area contributed by atoms with Crippen molar-refractivity contribution in [2.45, 2.75) is 6.54 Å². The van der Waals surface area contributed by atoms with E-state index in [4.69, 9.17) is 16.3 Å². The van der Waals surface area contributed by atoms with Crippen LogP contribution in [-0.2, 0) is 6.54 Å². The molecule has 0 fully saturated rings. The second-order valence-electron chi connectivity index (χ2n) is 6.25. The van der Waals surface area contributed by atoms with Gasteiger partial charge in [0.25, 0.3) is 5.91 Å². The van der Waals surface area contributed by atoms with Crippen molar-refractivity contribution < 1.29 is 9.53 Å². The van der Waals surface area contributed by atoms with Crippen molar-refractivity contribution in [3.8, 4) is 17.0 Å². The van der Waals surface area contributed by atoms with Gasteiger partial charge in [-0.05, 0) is 35.9 Å². The quantitative estimate of drug-likeness (QED) is 0.507. The summed E-state index contributed by atoms with van der Waals surface area (Å²) in [6, 6.07) is 16.5. The van der Waals surface area contributed by atoms with E-state index in [1.807, 2.05) is 48.5 Å². The summed E-state index contributed by atoms with van der Waals surface area (Å²) < 4.78 is 6.85. The highest BCUT2D eigenvalue weighted by molar-refractivity contribution is 6.30. The minimum absolute atomic E-state index is 0.210. The number of aromatic nitrogens is 5. The van der Waals surface area contributed by atoms with Crippen molar-refractivity contribution in [3.05, 3.63) is 77.2 Å². The fourth-order valence-electron chi connectivity index (χ4n) is 2.74. The smallest absolute Gasteiger partial charge is 0.276 e. The Morgan fingerprint density at radius 3 is 2.83 bits per heavy atom. The third-order valence-electron chi connectivity index (χ3n) is 4.21. The van der Waals surface area contributed by atoms with Crippen LogP contribution in [0.2, 0.25) is 5.02 Å². The van der Waals surface area contributed by atoms with Gasteiger partial charge in [0, 0.05) is 10.6 Å². The average molecular weight is 409 g/mol. The monoisotopic (exact) mass is 408 g/mol. The van der Waals surface area contributed by atoms with Crippen LogP contribution in [0.25, 0.3) is 11.3 Å². The van der Waals surface area contributed by atoms with E-state index in [2.05, 4.69) is 25.6 Å². The van der Waals surface area contributed by atoms with Gasteiger partial charge in [-0.15, -0.1) is 5.10 Å². The third-order valence-corrected chi connectivity index (χ3v) is 4.46. The molecule has 146 valence electrons. The summed E-state index contributed by atoms with van der Waals surface area (Å²) in [5.74, 6) is 0.546. The van der Waals surface area contributed by atoms with E-state index in [9.17, 15) is 4.79 Å². The number of amides is 1. The second-order valence-corrected chi connectivity index (χ2v) is 6.68. The standard InChI is InChI=1S/C20H17ClN6O2/c1-29-16-4-2-3-14(9-16)17-10-18(25-24-17)19(28)23-20-22-12-27(26-20)11-13-5-7-15(21)8-6-13/h2-10,12H,11H2,1H3,(H,24,25)(H,23,26,28). The lowest BCUT2D eigenvalue weighted by molar-refractivity contribution is 0.102. The van der Waals surface area contributed by atoms with Gasteiger partial charge in [-0.25, -0.2) is 9.67 Å². The number of ether oxygens (including phenoxy) is 1. The number of benzene rings is 2. The Morgan fingerprint density at radius 2 is 2.03 bits per heavy atom. The number of carbonyl (C=O) groups is 1. The molecule has 0 aliphatic carbocycles. The number of halogens is 1. The Bertz CT molecular complexity index is 1140. The zero-order chi connectivity index (χ0) is 20.2. The van der Waals surface area contributed by atoms with Crippen molar-refractivity contribution in [2.75, 3.05) is 12.4 Å². The Balaban J connectivity index is 1.43. The fourth-order valence-corrected chi connectivity index (χ4v) is 2.87. The summed E-state index contributed by atoms with van der Waals surface area (Å²) in [7, 11) is 1.60. The minimum atomic E-state index is -0.379. The molecule has 1 amide bonds. The second kappa shape index (κ2) is 8.15. The molecule has 2 aromatic carbocycles. The first-order valence-electron chi connectivity index (χ1n) is 8.76. The lowest BCUT2D eigenvalue weighted by atomic mass is 10.1. The Morgan fingerprint density at radius 1 is 1.21 bits per heavy atom. The molecule has 0 atom stereocenters. The summed E-state index contributed by atoms with van der Waals surface area (Å²) in [6.45, 7) is 0.518. The molecule has 2 N–H and O–H groups in total. The van der Waals surface area contributed by atoms with Gasteiger partial charge in [0.15, 0.2) is 0 Å². The van der Waals surface area contributed by atoms with Gasteiger partial charge in [-0.3, -0.25) is 15.2 Å². The number of hydrogen-bond acceptors (Lipinski definition) is 5. The van der Waals surface area contributed by atoms with Gasteiger partial charge in [0.05, 0.1) is 19.3 Å². The lowest BCUT2D eigenvalue weighted by Crippen LogP contribution is -2.14. The lowest BCUT2D eigenvalue weighted by Gasteiger charge is -2.01. The Hall–Kier alpha value is -3.65. The van der Waals surface area contributed by atoms with Crippen molar-refractivity contribution in [1.82, 2.24) is 25.0 Å². The SMILES string of the molecule is COc1cccc(-c2cc(C(=O)Nc3ncn(Cc4ccc(Cl)cc4)n3)[nH]n2)c1. The fraction of sp³-hybridized carbons (Fsp3) is 0.100. The molecule has 8 nitrogen and oxygen atoms in total. The van der Waals surface area contributed by atoms with E-state index in [-0.39, 0.29) is 11.9 Å². The van der Waals surface area contributed by atoms with Gasteiger partial charge in [0.2, 0.25) is 5.95 Å². The average Bonchev–Trinajstić information content (AvgIpc) is 3.40. The van der Waals surface area contributed by atoms with Crippen molar-refractivity contribution in [3.63, 3.8) is 0 Å². The molecule has 29 heavy (non-hydrogen) atoms. The highest BCUT2D eigenvalue weighted by Gasteiger charge is 2.14. The topological polar surface area (TPSA) is 97.7 Å². The van der Waals surface area contributed by atoms with Crippen LogP contribution in [0.5, 0.6) is 5.75 Å². The molecule has 0 radical (unpaired) electrons. The van der Waals surface area contributed by atoms with Crippen molar-refractivity contribution in [2.24, 2.45) is 0 Å². The highest BCUT2D eigenvalue weighted by Crippen LogP contribution is 2.22. The molecule has 2 aromatic heterocycles. The maximum Gasteiger partial charge on any atom is 0.276 e. The molecule has 0 aliphatic rings. The summed E-state index contributed by atoms with van der Waals surface area (Å²) in [6.07, 6.45) is 1.55. The number of rotatable bonds is 6. The molecular formula is C20H17ClN6O2. The van der Waals surface area contributed by atoms with E-state index < -0.39 is 0 Å². The highest BCUT2D eigenvalue weighted by atomic mass is 35.5. The van der Waals surface area contributed by atoms with Crippen LogP contribution in [0.4, 0.5) is 5.95 Å². The van der Waals surface area contributed by atoms with Crippen LogP contribution in [0.1, 0.15) is 16.1 Å². The molecule has 4 rings (SSSR count). The number of carbonyl (C=O) groups excluding carboxylic acids is 1. The molecule has 0 unspecified atom stereocenters. The van der Waals surface area contributed by atoms with Crippen LogP contribution < -0.4 is 10.1 Å². The van der Waals surface area contributed by atoms with E-state index >= 15 is 0 Å². The summed E-state index contributed by atoms with van der Waals surface area (Å²) in [5, 5.41) is 14.5. The normalized spacial score (nSPS) is 10.7. The van der Waals surface area contributed by atoms with Gasteiger partial charge < -0.3 is 4.74 Å². The first kappa shape index (κ1) is 18.7. The number of anilines is 1. The van der Waals surface area contributed by atoms with Gasteiger partial charge in [0.1, 0.15) is 17.8 Å². The number of aromatic amines is 1. The van der Waals surface area contributed by atoms with E-state index in [1.165, 1.54) is 0 Å². The summed E-state index contributed by atoms with van der Waals surface area (Å²) in [4.78, 5) is 16.6. The first-order chi connectivity index (χ1) is 14.1. The minimum Gasteiger partial charge on any atom is -0.497 e. The predicted octanol–water partition coefficient (Wildman–Crippen LogP) is 3.63. The van der Waals surface area contributed by atoms with Gasteiger partial charge >= 0.3 is 0 Å². The van der Waals surface area contributed by atoms with Gasteiger partial charge in [-0.2, -0.15) is 5.10 Å². The van der Waals surface area contributed by atoms with E-state index in [0.717, 1.165) is 11.1 Å². The van der Waals surface area contributed by atoms with Crippen LogP contribution in [0.15, 0.2) is 60.9 Å². The molecule has 0 spiro atoms. The zero-order valence-corrected chi connectivity index (χ0v) is 16.2. The van der Waals surface area contributed by atoms with Crippen molar-refractivity contribution >= 4 is 23.5 Å². The van der Waals surface area contributed by atoms with E-state index in [0.29, 0.717) is 28.7 Å². The molecule has 4 aromatic rings. The Kier molecular flexibility index (Phi) is 5.26. The molecule has 0 saturated heterocycles. The zero-order valence-electron chi connectivity index (χ0n) is 15.5. The molecule has 0 saturated carbocycles. The maximum absolute atomic E-state index is 12.5. The molecule has 9 heteroatoms. The number of nitrogens with zero attached hydrogens (tertiary/aromatic N) is 4. The molecule has 2 heterocycles. The Labute approximate surface area is 171 Å². The largest absolute Gasteiger partial charge is 0.497 e. The van der Waals surface area contributed by atoms with Crippen LogP contribution in [0, 0.1) is 0 Å². The van der Waals surface area contributed by atoms with Crippen LogP contribution in [0.3, 0.4) is 0 Å². The number of nitrogens with one attached hydrogen (secondary N) is 2. The molecular weight excluding hydrogens is 392 g/mol. The predicted molar refractivity (Wildman–Crippen MR) is 109 cm³/mol. The summed E-state index contributed by atoms with van der Waals surface area (Å²) in [5.41, 5.74) is 2.80. The first-order valence-corrected chi connectivity index (χ1v) is 9.13. The molecule has 0 bridgehead atoms. The maximum atomic E-state index is 12.5. The van der Waals surface area contributed by atoms with Crippen molar-refractivity contribution in [1.29, 1.82) is 0 Å². The van der Waals surface area contributed by atoms with E-state index in [1.54, 1.807) is 24.2 Å². The van der Waals surface area contributed by atoms with Crippen LogP contribution in [-0.4, -0.2) is 38.0 Å².